The summed E-state index contributed by atoms with van der Waals surface area (Å²) in [6, 6.07) is 1.41. The number of nitrogens with zero attached hydrogens (tertiary/aromatic N) is 1. The zero-order valence-corrected chi connectivity index (χ0v) is 10.3. The molecule has 0 bridgehead atoms. The monoisotopic (exact) mass is 239 g/mol. The lowest BCUT2D eigenvalue weighted by Crippen LogP contribution is -2.22. The largest absolute Gasteiger partial charge is 0.489 e. The summed E-state index contributed by atoms with van der Waals surface area (Å²) in [5.74, 6) is -0.767. The molecule has 94 valence electrons. The number of aromatic nitrogens is 1. The Bertz CT molecular complexity index is 384. The normalized spacial score (nSPS) is 11.2. The van der Waals surface area contributed by atoms with Gasteiger partial charge in [0, 0.05) is 6.20 Å². The average molecular weight is 239 g/mol. The Balaban J connectivity index is 2.49. The molecule has 5 nitrogen and oxygen atoms in total. The van der Waals surface area contributed by atoms with Crippen molar-refractivity contribution in [3.8, 4) is 5.75 Å². The second kappa shape index (κ2) is 5.63. The van der Waals surface area contributed by atoms with Crippen LogP contribution in [0.1, 0.15) is 31.1 Å². The molecule has 0 aliphatic carbocycles. The van der Waals surface area contributed by atoms with Crippen molar-refractivity contribution in [2.45, 2.75) is 26.4 Å². The van der Waals surface area contributed by atoms with E-state index in [0.717, 1.165) is 0 Å². The van der Waals surface area contributed by atoms with Crippen molar-refractivity contribution in [1.82, 2.24) is 4.98 Å². The molecule has 1 aromatic heterocycles. The van der Waals surface area contributed by atoms with E-state index in [-0.39, 0.29) is 16.9 Å². The van der Waals surface area contributed by atoms with E-state index in [1.165, 1.54) is 18.5 Å². The molecule has 0 atom stereocenters. The van der Waals surface area contributed by atoms with Gasteiger partial charge in [-0.3, -0.25) is 4.98 Å². The fourth-order valence-electron chi connectivity index (χ4n) is 1.17. The third kappa shape index (κ3) is 4.82. The van der Waals surface area contributed by atoms with Crippen molar-refractivity contribution in [2.75, 3.05) is 13.2 Å². The number of pyridine rings is 1. The topological polar surface area (TPSA) is 68.7 Å². The first-order valence-electron chi connectivity index (χ1n) is 5.34. The molecule has 0 amide bonds. The highest BCUT2D eigenvalue weighted by molar-refractivity contribution is 5.90. The quantitative estimate of drug-likeness (QED) is 0.795. The minimum absolute atomic E-state index is 0.107. The number of aromatic carboxylic acids is 1. The molecule has 1 aromatic rings. The van der Waals surface area contributed by atoms with Gasteiger partial charge in [-0.15, -0.1) is 0 Å². The zero-order valence-electron chi connectivity index (χ0n) is 10.3. The minimum atomic E-state index is -1.03. The maximum atomic E-state index is 10.9. The summed E-state index contributed by atoms with van der Waals surface area (Å²) in [4.78, 5) is 14.7. The van der Waals surface area contributed by atoms with E-state index in [9.17, 15) is 4.79 Å². The molecule has 0 aliphatic rings. The molecule has 0 saturated heterocycles. The Morgan fingerprint density at radius 1 is 1.41 bits per heavy atom. The van der Waals surface area contributed by atoms with Crippen molar-refractivity contribution in [3.63, 3.8) is 0 Å². The number of carboxylic acids is 1. The number of rotatable bonds is 5. The van der Waals surface area contributed by atoms with Crippen LogP contribution in [-0.2, 0) is 4.74 Å². The van der Waals surface area contributed by atoms with Gasteiger partial charge in [0.05, 0.1) is 18.4 Å². The molecule has 0 saturated carbocycles. The lowest BCUT2D eigenvalue weighted by molar-refractivity contribution is -0.0165. The maximum absolute atomic E-state index is 10.9. The van der Waals surface area contributed by atoms with Crippen molar-refractivity contribution in [2.24, 2.45) is 0 Å². The van der Waals surface area contributed by atoms with Gasteiger partial charge in [0.15, 0.2) is 5.75 Å². The predicted octanol–water partition coefficient (Wildman–Crippen LogP) is 1.97. The number of hydrogen-bond acceptors (Lipinski definition) is 4. The fraction of sp³-hybridized carbons (Fsp3) is 0.500. The standard InChI is InChI=1S/C12H17NO4/c1-12(2,3)17-7-6-16-10-8-13-5-4-9(10)11(14)15/h4-5,8H,6-7H2,1-3H3,(H,14,15). The highest BCUT2D eigenvalue weighted by Crippen LogP contribution is 2.16. The van der Waals surface area contributed by atoms with E-state index >= 15 is 0 Å². The van der Waals surface area contributed by atoms with Gasteiger partial charge in [-0.1, -0.05) is 0 Å². The van der Waals surface area contributed by atoms with Gasteiger partial charge >= 0.3 is 5.97 Å². The van der Waals surface area contributed by atoms with Gasteiger partial charge in [0.25, 0.3) is 0 Å². The molecule has 17 heavy (non-hydrogen) atoms. The summed E-state index contributed by atoms with van der Waals surface area (Å²) in [7, 11) is 0. The summed E-state index contributed by atoms with van der Waals surface area (Å²) in [5, 5.41) is 8.91. The molecule has 1 heterocycles. The Morgan fingerprint density at radius 2 is 2.12 bits per heavy atom. The lowest BCUT2D eigenvalue weighted by Gasteiger charge is -2.19. The molecule has 1 rings (SSSR count). The number of ether oxygens (including phenoxy) is 2. The Kier molecular flexibility index (Phi) is 4.45. The van der Waals surface area contributed by atoms with Crippen LogP contribution >= 0.6 is 0 Å². The Hall–Kier alpha value is -1.62. The summed E-state index contributed by atoms with van der Waals surface area (Å²) in [5.41, 5.74) is -0.121. The van der Waals surface area contributed by atoms with Crippen LogP contribution in [-0.4, -0.2) is 34.9 Å². The molecular formula is C12H17NO4. The van der Waals surface area contributed by atoms with Crippen molar-refractivity contribution in [3.05, 3.63) is 24.0 Å². The first-order chi connectivity index (χ1) is 7.90. The van der Waals surface area contributed by atoms with E-state index in [1.54, 1.807) is 0 Å². The summed E-state index contributed by atoms with van der Waals surface area (Å²) in [6.07, 6.45) is 2.81. The van der Waals surface area contributed by atoms with Gasteiger partial charge in [-0.2, -0.15) is 0 Å². The molecule has 0 radical (unpaired) electrons. The summed E-state index contributed by atoms with van der Waals surface area (Å²) in [6.45, 7) is 6.53. The highest BCUT2D eigenvalue weighted by Gasteiger charge is 2.12. The fourth-order valence-corrected chi connectivity index (χ4v) is 1.17. The van der Waals surface area contributed by atoms with Crippen molar-refractivity contribution >= 4 is 5.97 Å². The van der Waals surface area contributed by atoms with Crippen LogP contribution in [0.5, 0.6) is 5.75 Å². The summed E-state index contributed by atoms with van der Waals surface area (Å²) < 4.78 is 10.8. The highest BCUT2D eigenvalue weighted by atomic mass is 16.5. The SMILES string of the molecule is CC(C)(C)OCCOc1cnccc1C(=O)O. The third-order valence-corrected chi connectivity index (χ3v) is 1.89. The molecule has 0 spiro atoms. The molecule has 0 aliphatic heterocycles. The number of hydrogen-bond donors (Lipinski definition) is 1. The van der Waals surface area contributed by atoms with Crippen LogP contribution in [0.25, 0.3) is 0 Å². The Labute approximate surface area is 100 Å². The molecule has 5 heteroatoms. The van der Waals surface area contributed by atoms with E-state index in [1.807, 2.05) is 20.8 Å². The first kappa shape index (κ1) is 13.4. The summed E-state index contributed by atoms with van der Waals surface area (Å²) >= 11 is 0. The smallest absolute Gasteiger partial charge is 0.339 e. The van der Waals surface area contributed by atoms with Crippen LogP contribution in [0.3, 0.4) is 0 Å². The number of carbonyl (C=O) groups is 1. The van der Waals surface area contributed by atoms with Crippen LogP contribution < -0.4 is 4.74 Å². The van der Waals surface area contributed by atoms with Crippen molar-refractivity contribution in [1.29, 1.82) is 0 Å². The second-order valence-corrected chi connectivity index (χ2v) is 4.49. The second-order valence-electron chi connectivity index (χ2n) is 4.49. The van der Waals surface area contributed by atoms with Crippen LogP contribution in [0.2, 0.25) is 0 Å². The first-order valence-corrected chi connectivity index (χ1v) is 5.34. The molecule has 1 N–H and O–H groups in total. The molecule has 0 aromatic carbocycles. The third-order valence-electron chi connectivity index (χ3n) is 1.89. The minimum Gasteiger partial charge on any atom is -0.489 e. The van der Waals surface area contributed by atoms with Gasteiger partial charge in [-0.25, -0.2) is 4.79 Å². The van der Waals surface area contributed by atoms with Gasteiger partial charge in [0.2, 0.25) is 0 Å². The van der Waals surface area contributed by atoms with E-state index in [4.69, 9.17) is 14.6 Å². The molecule has 0 unspecified atom stereocenters. The van der Waals surface area contributed by atoms with Crippen LogP contribution in [0, 0.1) is 0 Å². The van der Waals surface area contributed by atoms with Gasteiger partial charge in [0.1, 0.15) is 12.2 Å². The average Bonchev–Trinajstić information content (AvgIpc) is 2.23. The van der Waals surface area contributed by atoms with E-state index in [0.29, 0.717) is 13.2 Å². The van der Waals surface area contributed by atoms with E-state index in [2.05, 4.69) is 4.98 Å². The van der Waals surface area contributed by atoms with Gasteiger partial charge < -0.3 is 14.6 Å². The van der Waals surface area contributed by atoms with Gasteiger partial charge in [-0.05, 0) is 26.8 Å². The predicted molar refractivity (Wildman–Crippen MR) is 62.4 cm³/mol. The lowest BCUT2D eigenvalue weighted by atomic mass is 10.2. The number of carboxylic acid groups (broad SMARTS) is 1. The maximum Gasteiger partial charge on any atom is 0.339 e. The van der Waals surface area contributed by atoms with Crippen LogP contribution in [0.15, 0.2) is 18.5 Å². The Morgan fingerprint density at radius 3 is 2.71 bits per heavy atom. The van der Waals surface area contributed by atoms with Crippen molar-refractivity contribution < 1.29 is 19.4 Å². The molecular weight excluding hydrogens is 222 g/mol. The zero-order chi connectivity index (χ0) is 12.9. The van der Waals surface area contributed by atoms with Crippen LogP contribution in [0.4, 0.5) is 0 Å². The molecule has 0 fully saturated rings. The van der Waals surface area contributed by atoms with E-state index < -0.39 is 5.97 Å².